The lowest BCUT2D eigenvalue weighted by molar-refractivity contribution is 0.0841. The molecule has 0 N–H and O–H groups in total. The summed E-state index contributed by atoms with van der Waals surface area (Å²) in [6.45, 7) is 2.30. The van der Waals surface area contributed by atoms with Crippen LogP contribution >= 0.6 is 0 Å². The maximum Gasteiger partial charge on any atom is 0.159 e. The molecule has 168 valence electrons. The van der Waals surface area contributed by atoms with Crippen molar-refractivity contribution in [2.24, 2.45) is 23.7 Å². The summed E-state index contributed by atoms with van der Waals surface area (Å²) in [5.74, 6) is 2.05. The van der Waals surface area contributed by atoms with Crippen LogP contribution in [-0.2, 0) is 5.41 Å². The molecule has 0 nitrogen and oxygen atoms in total. The normalized spacial score (nSPS) is 33.5. The molecule has 0 unspecified atom stereocenters. The third-order valence-corrected chi connectivity index (χ3v) is 9.33. The zero-order valence-electron chi connectivity index (χ0n) is 19.1. The van der Waals surface area contributed by atoms with E-state index in [-0.39, 0.29) is 5.41 Å². The number of halogens is 2. The van der Waals surface area contributed by atoms with E-state index in [1.165, 1.54) is 109 Å². The first-order valence-corrected chi connectivity index (χ1v) is 13.1. The topological polar surface area (TPSA) is 0 Å². The smallest absolute Gasteiger partial charge is 0.159 e. The molecular weight excluding hydrogens is 374 g/mol. The van der Waals surface area contributed by atoms with Crippen molar-refractivity contribution in [1.29, 1.82) is 0 Å². The first-order chi connectivity index (χ1) is 14.6. The van der Waals surface area contributed by atoms with Crippen LogP contribution in [0.3, 0.4) is 0 Å². The highest BCUT2D eigenvalue weighted by Crippen LogP contribution is 2.53. The molecule has 30 heavy (non-hydrogen) atoms. The number of unbranched alkanes of at least 4 members (excludes halogenated alkanes) is 1. The molecular formula is C28H42F2. The predicted molar refractivity (Wildman–Crippen MR) is 122 cm³/mol. The van der Waals surface area contributed by atoms with Crippen molar-refractivity contribution in [1.82, 2.24) is 0 Å². The van der Waals surface area contributed by atoms with Crippen molar-refractivity contribution < 1.29 is 8.78 Å². The molecule has 0 amide bonds. The van der Waals surface area contributed by atoms with Gasteiger partial charge in [-0.3, -0.25) is 0 Å². The van der Waals surface area contributed by atoms with E-state index in [1.54, 1.807) is 6.07 Å². The maximum absolute atomic E-state index is 14.2. The van der Waals surface area contributed by atoms with Gasteiger partial charge in [0.25, 0.3) is 0 Å². The van der Waals surface area contributed by atoms with Crippen molar-refractivity contribution in [2.75, 3.05) is 0 Å². The Kier molecular flexibility index (Phi) is 7.53. The first-order valence-electron chi connectivity index (χ1n) is 13.1. The van der Waals surface area contributed by atoms with Crippen molar-refractivity contribution in [2.45, 2.75) is 115 Å². The van der Waals surface area contributed by atoms with Crippen LogP contribution in [0.2, 0.25) is 0 Å². The van der Waals surface area contributed by atoms with Crippen LogP contribution in [0, 0.1) is 35.3 Å². The summed E-state index contributed by atoms with van der Waals surface area (Å²) in [6, 6.07) is 4.83. The minimum atomic E-state index is -0.703. The second kappa shape index (κ2) is 10.1. The molecule has 0 radical (unpaired) electrons. The van der Waals surface area contributed by atoms with E-state index >= 15 is 0 Å². The van der Waals surface area contributed by atoms with Crippen molar-refractivity contribution >= 4 is 0 Å². The van der Waals surface area contributed by atoms with Crippen molar-refractivity contribution in [3.05, 3.63) is 35.4 Å². The minimum Gasteiger partial charge on any atom is -0.204 e. The highest BCUT2D eigenvalue weighted by atomic mass is 19.2. The molecule has 1 aromatic rings. The summed E-state index contributed by atoms with van der Waals surface area (Å²) in [5.41, 5.74) is 1.18. The Bertz CT molecular complexity index is 659. The van der Waals surface area contributed by atoms with Crippen LogP contribution in [0.4, 0.5) is 8.78 Å². The predicted octanol–water partition coefficient (Wildman–Crippen LogP) is 8.97. The van der Waals surface area contributed by atoms with Crippen molar-refractivity contribution in [3.63, 3.8) is 0 Å². The molecule has 0 aromatic heterocycles. The molecule has 3 aliphatic carbocycles. The number of hydrogen-bond acceptors (Lipinski definition) is 0. The number of hydrogen-bond donors (Lipinski definition) is 0. The van der Waals surface area contributed by atoms with Crippen molar-refractivity contribution in [3.8, 4) is 0 Å². The Balaban J connectivity index is 1.43. The Hall–Kier alpha value is -0.920. The molecule has 1 aromatic carbocycles. The fourth-order valence-electron chi connectivity index (χ4n) is 7.46. The van der Waals surface area contributed by atoms with E-state index in [0.29, 0.717) is 5.92 Å². The van der Waals surface area contributed by atoms with Gasteiger partial charge in [0.1, 0.15) is 0 Å². The van der Waals surface area contributed by atoms with Gasteiger partial charge in [0.15, 0.2) is 11.6 Å². The average Bonchev–Trinajstić information content (AvgIpc) is 2.80. The third-order valence-electron chi connectivity index (χ3n) is 9.33. The Labute approximate surface area is 183 Å². The molecule has 0 aliphatic heterocycles. The summed E-state index contributed by atoms with van der Waals surface area (Å²) in [6.07, 6.45) is 21.4. The van der Waals surface area contributed by atoms with E-state index in [9.17, 15) is 8.78 Å². The van der Waals surface area contributed by atoms with Gasteiger partial charge < -0.3 is 0 Å². The average molecular weight is 417 g/mol. The number of benzene rings is 1. The quantitative estimate of drug-likeness (QED) is 0.434. The SMILES string of the molecule is CCCCC1CCC(C2CCC(c3ccc(F)c(F)c3)(C3CCCCC3)CC2)CC1. The van der Waals surface area contributed by atoms with E-state index in [1.807, 2.05) is 6.07 Å². The van der Waals surface area contributed by atoms with Crippen LogP contribution in [-0.4, -0.2) is 0 Å². The molecule has 3 saturated carbocycles. The highest BCUT2D eigenvalue weighted by molar-refractivity contribution is 5.29. The third kappa shape index (κ3) is 4.78. The summed E-state index contributed by atoms with van der Waals surface area (Å²) >= 11 is 0. The summed E-state index contributed by atoms with van der Waals surface area (Å²) in [4.78, 5) is 0. The van der Waals surface area contributed by atoms with Gasteiger partial charge in [0, 0.05) is 0 Å². The van der Waals surface area contributed by atoms with Gasteiger partial charge in [-0.1, -0.05) is 64.4 Å². The minimum absolute atomic E-state index is 0.0871. The maximum atomic E-state index is 14.2. The monoisotopic (exact) mass is 416 g/mol. The lowest BCUT2D eigenvalue weighted by atomic mass is 9.55. The molecule has 0 heterocycles. The lowest BCUT2D eigenvalue weighted by Crippen LogP contribution is -2.41. The second-order valence-electron chi connectivity index (χ2n) is 10.9. The zero-order chi connectivity index (χ0) is 21.0. The van der Waals surface area contributed by atoms with Gasteiger partial charge in [-0.15, -0.1) is 0 Å². The molecule has 4 rings (SSSR count). The van der Waals surface area contributed by atoms with Gasteiger partial charge in [-0.05, 0) is 98.1 Å². The van der Waals surface area contributed by atoms with E-state index in [2.05, 4.69) is 6.92 Å². The van der Waals surface area contributed by atoms with Gasteiger partial charge in [0.05, 0.1) is 0 Å². The fraction of sp³-hybridized carbons (Fsp3) is 0.786. The first kappa shape index (κ1) is 22.3. The Morgan fingerprint density at radius 2 is 1.47 bits per heavy atom. The molecule has 0 spiro atoms. The van der Waals surface area contributed by atoms with Crippen LogP contribution in [0.1, 0.15) is 115 Å². The molecule has 0 atom stereocenters. The van der Waals surface area contributed by atoms with E-state index in [0.717, 1.165) is 23.3 Å². The molecule has 0 bridgehead atoms. The highest BCUT2D eigenvalue weighted by Gasteiger charge is 2.45. The van der Waals surface area contributed by atoms with Gasteiger partial charge in [-0.25, -0.2) is 8.78 Å². The van der Waals surface area contributed by atoms with Gasteiger partial charge in [0.2, 0.25) is 0 Å². The van der Waals surface area contributed by atoms with Gasteiger partial charge in [-0.2, -0.15) is 0 Å². The lowest BCUT2D eigenvalue weighted by Gasteiger charge is -2.49. The summed E-state index contributed by atoms with van der Waals surface area (Å²) in [5, 5.41) is 0. The summed E-state index contributed by atoms with van der Waals surface area (Å²) in [7, 11) is 0. The fourth-order valence-corrected chi connectivity index (χ4v) is 7.46. The standard InChI is InChI=1S/C28H42F2/c1-2-3-7-21-10-12-22(13-11-21)23-16-18-28(19-17-23,24-8-5-4-6-9-24)25-14-15-26(29)27(30)20-25/h14-15,20-24H,2-13,16-19H2,1H3. The largest absolute Gasteiger partial charge is 0.204 e. The molecule has 0 saturated heterocycles. The Morgan fingerprint density at radius 1 is 0.800 bits per heavy atom. The Morgan fingerprint density at radius 3 is 2.10 bits per heavy atom. The summed E-state index contributed by atoms with van der Waals surface area (Å²) < 4.78 is 27.9. The van der Waals surface area contributed by atoms with Crippen LogP contribution < -0.4 is 0 Å². The van der Waals surface area contributed by atoms with Crippen LogP contribution in [0.5, 0.6) is 0 Å². The van der Waals surface area contributed by atoms with E-state index in [4.69, 9.17) is 0 Å². The van der Waals surface area contributed by atoms with Crippen LogP contribution in [0.25, 0.3) is 0 Å². The molecule has 3 fully saturated rings. The molecule has 2 heteroatoms. The second-order valence-corrected chi connectivity index (χ2v) is 10.9. The van der Waals surface area contributed by atoms with E-state index < -0.39 is 11.6 Å². The number of rotatable bonds is 6. The zero-order valence-corrected chi connectivity index (χ0v) is 19.1. The van der Waals surface area contributed by atoms with Crippen LogP contribution in [0.15, 0.2) is 18.2 Å². The van der Waals surface area contributed by atoms with Gasteiger partial charge >= 0.3 is 0 Å². The molecule has 3 aliphatic rings.